The molecule has 0 aromatic rings. The van der Waals surface area contributed by atoms with Crippen LogP contribution in [0.5, 0.6) is 0 Å². The molecule has 0 nitrogen and oxygen atoms in total. The Morgan fingerprint density at radius 3 is 1.25 bits per heavy atom. The van der Waals surface area contributed by atoms with Crippen LogP contribution in [0, 0.1) is 0 Å². The average molecular weight is 149 g/mol. The summed E-state index contributed by atoms with van der Waals surface area (Å²) in [6.45, 7) is 11.5. The molecule has 0 amide bonds. The molecule has 0 saturated carbocycles. The van der Waals surface area contributed by atoms with E-state index < -0.39 is 6.81 Å². The first-order valence-electron chi connectivity index (χ1n) is 3.07. The first-order valence-corrected chi connectivity index (χ1v) is 8.88. The maximum atomic E-state index is 2.44. The van der Waals surface area contributed by atoms with Crippen molar-refractivity contribution in [1.82, 2.24) is 0 Å². The van der Waals surface area contributed by atoms with Gasteiger partial charge in [0.05, 0.1) is 5.16 Å². The third-order valence-electron chi connectivity index (χ3n) is 2.01. The first kappa shape index (κ1) is 8.65. The zero-order chi connectivity index (χ0) is 7.00. The molecule has 0 rings (SSSR count). The highest BCUT2D eigenvalue weighted by molar-refractivity contribution is 7.97. The van der Waals surface area contributed by atoms with Crippen LogP contribution < -0.4 is 0 Å². The predicted molar refractivity (Wildman–Crippen MR) is 48.5 cm³/mol. The lowest BCUT2D eigenvalue weighted by atomic mass is 10.3. The molecule has 0 aromatic carbocycles. The first-order chi connectivity index (χ1) is 3.25. The van der Waals surface area contributed by atoms with Crippen LogP contribution in [0.2, 0.25) is 0 Å². The smallest absolute Gasteiger partial charge is 0.0307 e. The Bertz CT molecular complexity index is 63.5. The molecule has 50 valence electrons. The van der Waals surface area contributed by atoms with E-state index in [1.165, 1.54) is 9.91 Å². The van der Waals surface area contributed by atoms with Gasteiger partial charge < -0.3 is 0 Å². The highest BCUT2D eigenvalue weighted by atomic mass is 31.4. The Hall–Kier alpha value is 0.647. The Morgan fingerprint density at radius 1 is 1.12 bits per heavy atom. The van der Waals surface area contributed by atoms with E-state index in [9.17, 15) is 0 Å². The van der Waals surface area contributed by atoms with E-state index >= 15 is 0 Å². The Kier molecular flexibility index (Phi) is 2.28. The van der Waals surface area contributed by atoms with E-state index in [-0.39, 0.29) is 0 Å². The van der Waals surface area contributed by atoms with Crippen LogP contribution >= 0.6 is 6.81 Å². The second-order valence-corrected chi connectivity index (χ2v) is 16.3. The van der Waals surface area contributed by atoms with Gasteiger partial charge in [-0.3, -0.25) is 0 Å². The van der Waals surface area contributed by atoms with E-state index in [1.54, 1.807) is 0 Å². The van der Waals surface area contributed by atoms with Gasteiger partial charge >= 0.3 is 0 Å². The molecule has 0 aliphatic rings. The quantitative estimate of drug-likeness (QED) is 0.360. The third kappa shape index (κ3) is 2.28. The van der Waals surface area contributed by atoms with Crippen LogP contribution in [0.1, 0.15) is 20.8 Å². The van der Waals surface area contributed by atoms with Crippen molar-refractivity contribution in [1.29, 1.82) is 0 Å². The second-order valence-electron chi connectivity index (χ2n) is 4.18. The van der Waals surface area contributed by atoms with Gasteiger partial charge in [0, 0.05) is 13.3 Å². The van der Waals surface area contributed by atoms with Gasteiger partial charge in [-0.25, -0.2) is 0 Å². The lowest BCUT2D eigenvalue weighted by molar-refractivity contribution is 0.784. The molecule has 0 aliphatic carbocycles. The molecule has 0 aromatic heterocycles. The normalized spacial score (nSPS) is 14.6. The van der Waals surface area contributed by atoms with Gasteiger partial charge in [-0.15, -0.1) is 0 Å². The van der Waals surface area contributed by atoms with Crippen molar-refractivity contribution in [3.8, 4) is 0 Å². The minimum atomic E-state index is -0.461. The zero-order valence-corrected chi connectivity index (χ0v) is 9.84. The van der Waals surface area contributed by atoms with E-state index in [0.29, 0.717) is 5.16 Å². The van der Waals surface area contributed by atoms with Crippen molar-refractivity contribution in [3.05, 3.63) is 0 Å². The summed E-state index contributed by atoms with van der Waals surface area (Å²) in [5.74, 6) is 0. The SMILES string of the molecule is CC(C)(C)[P+](C)(C)[SiH3]. The highest BCUT2D eigenvalue weighted by Gasteiger charge is 2.33. The van der Waals surface area contributed by atoms with Crippen molar-refractivity contribution < 1.29 is 0 Å². The van der Waals surface area contributed by atoms with Crippen LogP contribution in [0.4, 0.5) is 0 Å². The molecule has 0 spiro atoms. The molecule has 8 heavy (non-hydrogen) atoms. The fraction of sp³-hybridized carbons (Fsp3) is 1.00. The molecule has 2 heteroatoms. The highest BCUT2D eigenvalue weighted by Crippen LogP contribution is 2.57. The topological polar surface area (TPSA) is 0 Å². The second kappa shape index (κ2) is 2.11. The molecular weight excluding hydrogens is 131 g/mol. The molecular formula is C6H18PSi+. The van der Waals surface area contributed by atoms with E-state index in [1.807, 2.05) is 0 Å². The van der Waals surface area contributed by atoms with Crippen LogP contribution in [0.3, 0.4) is 0 Å². The number of hydrogen-bond donors (Lipinski definition) is 0. The molecule has 0 radical (unpaired) electrons. The summed E-state index contributed by atoms with van der Waals surface area (Å²) in [6.07, 6.45) is 0. The fourth-order valence-corrected chi connectivity index (χ4v) is 0. The van der Waals surface area contributed by atoms with Gasteiger partial charge in [0.25, 0.3) is 0 Å². The number of rotatable bonds is 0. The van der Waals surface area contributed by atoms with E-state index in [4.69, 9.17) is 0 Å². The van der Waals surface area contributed by atoms with Crippen molar-refractivity contribution in [2.24, 2.45) is 0 Å². The van der Waals surface area contributed by atoms with Crippen molar-refractivity contribution in [2.45, 2.75) is 25.9 Å². The largest absolute Gasteiger partial charge is 0.184 e. The van der Waals surface area contributed by atoms with E-state index in [2.05, 4.69) is 34.1 Å². The summed E-state index contributed by atoms with van der Waals surface area (Å²) in [5, 5.41) is 0.610. The van der Waals surface area contributed by atoms with E-state index in [0.717, 1.165) is 0 Å². The maximum absolute atomic E-state index is 2.44. The maximum Gasteiger partial charge on any atom is 0.184 e. The molecule has 0 unspecified atom stereocenters. The minimum Gasteiger partial charge on any atom is -0.0307 e. The summed E-state index contributed by atoms with van der Waals surface area (Å²) in [7, 11) is 1.40. The van der Waals surface area contributed by atoms with Crippen molar-refractivity contribution >= 4 is 16.7 Å². The molecule has 0 N–H and O–H groups in total. The molecule has 0 heterocycles. The van der Waals surface area contributed by atoms with Gasteiger partial charge in [0.2, 0.25) is 0 Å². The standard InChI is InChI=1S/C6H18PSi/c1-6(2,3)7(4,5)8/h1-5,8H3/q+1. The fourth-order valence-electron chi connectivity index (χ4n) is 0. The van der Waals surface area contributed by atoms with Crippen molar-refractivity contribution in [3.63, 3.8) is 0 Å². The molecule has 0 bridgehead atoms. The van der Waals surface area contributed by atoms with Crippen molar-refractivity contribution in [2.75, 3.05) is 13.3 Å². The summed E-state index contributed by atoms with van der Waals surface area (Å²) < 4.78 is 0. The number of hydrogen-bond acceptors (Lipinski definition) is 0. The molecule has 0 fully saturated rings. The van der Waals surface area contributed by atoms with Crippen LogP contribution in [0.15, 0.2) is 0 Å². The van der Waals surface area contributed by atoms with Gasteiger partial charge in [0.15, 0.2) is 9.91 Å². The Balaban J connectivity index is 4.02. The van der Waals surface area contributed by atoms with Gasteiger partial charge in [0.1, 0.15) is 0 Å². The summed E-state index contributed by atoms with van der Waals surface area (Å²) >= 11 is 0. The van der Waals surface area contributed by atoms with Crippen LogP contribution in [-0.4, -0.2) is 28.4 Å². The zero-order valence-electron chi connectivity index (χ0n) is 6.95. The summed E-state index contributed by atoms with van der Waals surface area (Å²) in [4.78, 5) is 0. The van der Waals surface area contributed by atoms with Crippen LogP contribution in [0.25, 0.3) is 0 Å². The monoisotopic (exact) mass is 149 g/mol. The van der Waals surface area contributed by atoms with Gasteiger partial charge in [-0.1, -0.05) is 0 Å². The minimum absolute atomic E-state index is 0.461. The van der Waals surface area contributed by atoms with Gasteiger partial charge in [-0.05, 0) is 27.6 Å². The van der Waals surface area contributed by atoms with Gasteiger partial charge in [-0.2, -0.15) is 0 Å². The molecule has 0 atom stereocenters. The van der Waals surface area contributed by atoms with Crippen LogP contribution in [-0.2, 0) is 0 Å². The molecule has 0 saturated heterocycles. The predicted octanol–water partition coefficient (Wildman–Crippen LogP) is 1.34. The lowest BCUT2D eigenvalue weighted by Gasteiger charge is -2.28. The Labute approximate surface area is 56.7 Å². The Morgan fingerprint density at radius 2 is 1.25 bits per heavy atom. The summed E-state index contributed by atoms with van der Waals surface area (Å²) in [5.41, 5.74) is 0. The average Bonchev–Trinajstić information content (AvgIpc) is 1.25. The lowest BCUT2D eigenvalue weighted by Crippen LogP contribution is -2.18. The third-order valence-corrected chi connectivity index (χ3v) is 10.1. The summed E-state index contributed by atoms with van der Waals surface area (Å²) in [6, 6.07) is 0. The molecule has 0 aliphatic heterocycles.